The number of rotatable bonds is 26. The molecule has 146 heavy (non-hydrogen) atoms. The van der Waals surface area contributed by atoms with Gasteiger partial charge in [-0.25, -0.2) is 4.79 Å². The van der Waals surface area contributed by atoms with Crippen LogP contribution in [0.15, 0.2) is 146 Å². The van der Waals surface area contributed by atoms with Gasteiger partial charge in [0.1, 0.15) is 83.7 Å². The standard InChI is InChI=1S/C96H109Cl4N11O33P2/c1-40(2)24-59(103-7)87(123)110-76-78(118)48-17-23-63(56(98)27-48)139-64-30-49-31-65(83(64)144-94-84(80(120)79(119)66(38-112)141-94)143-70-36-96(6,86(122)42(4)138-70)104-37-44-8-12-45(13-9-44)46-14-18-51(97)19-15-46)140-82-57(99)28-50(29-58(82)100)81(142-69-35-95(5,102)85(121)41(3)137-69)77-92(128)109-75(93(129)136-39-68(117)105-52-20-10-43(11-21-52)25-71(145(130,131)132)146(133,134)135)55-32-53(113)33-62(115)72(55)54-26-47(16-22-61(54)114)73(89(125)111-77)108-90(126)74(49)107-88(124)60(34-67(101)116)106-91(76)127/h8-23,26-33,40-42,59-60,66,69-71,73-81,84-86,94,103-104,112-115,118-122H,24-25,34-39,102H2,1-7H3,(H2,101,116)(H,105,117)(H,106,127)(H,107,124)(H,108,126)(H,109,128)(H,110,123)(H,111,125)(H2,130,131,132)(H2,133,134,135)/t41-,42+,59+,60-,66-,69-,70+,73+,74+,75-,76+,77-,78+,79+,80-,81+,84+,85-,86-,94+,95-,96+/m0/s1. The second-order valence-electron chi connectivity index (χ2n) is 37.2. The predicted octanol–water partition coefficient (Wildman–Crippen LogP) is 5.47. The summed E-state index contributed by atoms with van der Waals surface area (Å²) in [6.07, 6.45) is -25.3. The van der Waals surface area contributed by atoms with E-state index >= 15 is 28.8 Å². The van der Waals surface area contributed by atoms with Crippen LogP contribution in [0.3, 0.4) is 0 Å². The zero-order chi connectivity index (χ0) is 106. The van der Waals surface area contributed by atoms with E-state index < -0.39 is 328 Å². The van der Waals surface area contributed by atoms with Gasteiger partial charge in [-0.2, -0.15) is 0 Å². The molecule has 8 aromatic carbocycles. The van der Waals surface area contributed by atoms with E-state index in [9.17, 15) is 89.0 Å². The molecule has 0 aromatic heterocycles. The summed E-state index contributed by atoms with van der Waals surface area (Å²) in [4.78, 5) is 178. The van der Waals surface area contributed by atoms with E-state index in [1.165, 1.54) is 33.9 Å². The fourth-order valence-corrected chi connectivity index (χ4v) is 21.4. The minimum atomic E-state index is -5.41. The van der Waals surface area contributed by atoms with Crippen molar-refractivity contribution in [2.24, 2.45) is 17.4 Å². The molecule has 26 N–H and O–H groups in total. The van der Waals surface area contributed by atoms with Crippen LogP contribution >= 0.6 is 61.6 Å². The highest BCUT2D eigenvalue weighted by atomic mass is 35.5. The fourth-order valence-electron chi connectivity index (χ4n) is 18.0. The summed E-state index contributed by atoms with van der Waals surface area (Å²) in [6.45, 7) is 7.45. The highest BCUT2D eigenvalue weighted by Crippen LogP contribution is 2.61. The molecular weight excluding hydrogens is 2040 g/mol. The maximum absolute atomic E-state index is 16.8. The van der Waals surface area contributed by atoms with Gasteiger partial charge in [0, 0.05) is 63.9 Å². The van der Waals surface area contributed by atoms with Crippen molar-refractivity contribution in [3.05, 3.63) is 205 Å². The number of phenols is 3. The second-order valence-corrected chi connectivity index (χ2v) is 42.9. The number of halogens is 4. The number of aliphatic hydroxyl groups excluding tert-OH is 6. The number of aromatic hydroxyl groups is 3. The number of amides is 8. The lowest BCUT2D eigenvalue weighted by Crippen LogP contribution is -2.65. The van der Waals surface area contributed by atoms with E-state index in [4.69, 9.17) is 101 Å². The van der Waals surface area contributed by atoms with Gasteiger partial charge in [-0.15, -0.1) is 0 Å². The smallest absolute Gasteiger partial charge is 0.341 e. The Morgan fingerprint density at radius 3 is 1.83 bits per heavy atom. The predicted molar refractivity (Wildman–Crippen MR) is 520 cm³/mol. The summed E-state index contributed by atoms with van der Waals surface area (Å²) in [5.41, 5.74) is 8.53. The van der Waals surface area contributed by atoms with Crippen molar-refractivity contribution in [2.45, 2.75) is 219 Å². The summed E-state index contributed by atoms with van der Waals surface area (Å²) >= 11 is 28.6. The van der Waals surface area contributed by atoms with Gasteiger partial charge in [0.05, 0.1) is 58.6 Å². The number of carbonyl (C=O) groups is 9. The molecule has 8 amide bonds. The molecule has 22 atom stereocenters. The number of phenolic OH excluding ortho intramolecular Hbond substituents is 3. The third-order valence-electron chi connectivity index (χ3n) is 25.8. The quantitative estimate of drug-likeness (QED) is 0.0236. The Bertz CT molecular complexity index is 6330. The number of fused-ring (bicyclic) bond motifs is 15. The first-order chi connectivity index (χ1) is 68.8. The Balaban J connectivity index is 0.951. The number of hydrogen-bond acceptors (Lipinski definition) is 32. The van der Waals surface area contributed by atoms with Crippen molar-refractivity contribution in [1.82, 2.24) is 42.5 Å². The molecule has 8 heterocycles. The van der Waals surface area contributed by atoms with Crippen molar-refractivity contribution in [2.75, 3.05) is 25.6 Å². The number of benzene rings is 8. The lowest BCUT2D eigenvalue weighted by atomic mass is 9.84. The Kier molecular flexibility index (Phi) is 34.3. The highest BCUT2D eigenvalue weighted by molar-refractivity contribution is 7.70. The van der Waals surface area contributed by atoms with Crippen LogP contribution in [0.1, 0.15) is 137 Å². The minimum absolute atomic E-state index is 0.0182. The molecule has 0 spiro atoms. The Labute approximate surface area is 853 Å². The maximum atomic E-state index is 16.8. The molecule has 8 aliphatic heterocycles. The minimum Gasteiger partial charge on any atom is -0.508 e. The number of nitrogens with two attached hydrogens (primary N) is 2. The van der Waals surface area contributed by atoms with Gasteiger partial charge in [-0.3, -0.25) is 47.5 Å². The van der Waals surface area contributed by atoms with Crippen molar-refractivity contribution in [3.63, 3.8) is 0 Å². The third kappa shape index (κ3) is 25.3. The zero-order valence-corrected chi connectivity index (χ0v) is 83.6. The van der Waals surface area contributed by atoms with Crippen LogP contribution in [0.5, 0.6) is 46.0 Å². The number of likely N-dealkylation sites (N-methyl/N-ethyl adjacent to an activating group) is 1. The number of primary amides is 1. The van der Waals surface area contributed by atoms with Crippen molar-refractivity contribution >= 4 is 121 Å². The molecule has 44 nitrogen and oxygen atoms in total. The number of aliphatic hydroxyl groups is 6. The fraction of sp³-hybridized carbons (Fsp3) is 0.406. The number of hydrogen-bond donors (Lipinski definition) is 24. The van der Waals surface area contributed by atoms with Gasteiger partial charge >= 0.3 is 21.2 Å². The lowest BCUT2D eigenvalue weighted by molar-refractivity contribution is -0.334. The first-order valence-electron chi connectivity index (χ1n) is 45.8. The van der Waals surface area contributed by atoms with Crippen molar-refractivity contribution in [1.29, 1.82) is 0 Å². The van der Waals surface area contributed by atoms with E-state index in [0.29, 0.717) is 11.1 Å². The maximum Gasteiger partial charge on any atom is 0.341 e. The van der Waals surface area contributed by atoms with Gasteiger partial charge in [0.2, 0.25) is 53.4 Å². The first-order valence-corrected chi connectivity index (χ1v) is 50.6. The molecule has 0 saturated carbocycles. The molecule has 8 aromatic rings. The van der Waals surface area contributed by atoms with E-state index in [0.717, 1.165) is 102 Å². The monoisotopic (exact) mass is 2150 g/mol. The first kappa shape index (κ1) is 110. The van der Waals surface area contributed by atoms with Gasteiger partial charge < -0.3 is 167 Å². The van der Waals surface area contributed by atoms with E-state index in [-0.39, 0.29) is 47.7 Å². The molecule has 50 heteroatoms. The van der Waals surface area contributed by atoms with Crippen LogP contribution < -0.4 is 73.5 Å². The zero-order valence-electron chi connectivity index (χ0n) is 78.8. The normalized spacial score (nSPS) is 27.4. The third-order valence-corrected chi connectivity index (χ3v) is 30.6. The van der Waals surface area contributed by atoms with Crippen LogP contribution in [0.4, 0.5) is 5.69 Å². The summed E-state index contributed by atoms with van der Waals surface area (Å²) in [5.74, 6) is -18.7. The van der Waals surface area contributed by atoms with E-state index in [2.05, 4.69) is 47.9 Å². The molecular formula is C96H109Cl4N11O33P2. The summed E-state index contributed by atoms with van der Waals surface area (Å²) in [6, 6.07) is 16.1. The largest absolute Gasteiger partial charge is 0.508 e. The van der Waals surface area contributed by atoms with E-state index in [1.54, 1.807) is 32.9 Å². The number of esters is 1. The number of ether oxygens (including phenoxy) is 9. The van der Waals surface area contributed by atoms with Crippen LogP contribution in [-0.2, 0) is 93.7 Å². The Hall–Kier alpha value is -11.3. The average molecular weight is 2150 g/mol. The lowest BCUT2D eigenvalue weighted by Gasteiger charge is -2.48. The van der Waals surface area contributed by atoms with Gasteiger partial charge in [0.15, 0.2) is 54.0 Å². The summed E-state index contributed by atoms with van der Waals surface area (Å²) in [7, 11) is -9.36. The molecule has 0 unspecified atom stereocenters. The van der Waals surface area contributed by atoms with Crippen molar-refractivity contribution < 1.29 is 160 Å². The number of carbonyl (C=O) groups excluding carboxylic acids is 9. The molecule has 11 bridgehead atoms. The van der Waals surface area contributed by atoms with Gasteiger partial charge in [-0.05, 0) is 177 Å². The van der Waals surface area contributed by atoms with E-state index in [1.807, 2.05) is 36.4 Å². The van der Waals surface area contributed by atoms with Crippen LogP contribution in [0.25, 0.3) is 22.3 Å². The summed E-state index contributed by atoms with van der Waals surface area (Å²) in [5, 5.41) is 128. The Morgan fingerprint density at radius 2 is 1.21 bits per heavy atom. The van der Waals surface area contributed by atoms with Crippen LogP contribution in [-0.4, -0.2) is 247 Å². The molecule has 3 saturated heterocycles. The molecule has 0 aliphatic carbocycles. The van der Waals surface area contributed by atoms with Gasteiger partial charge in [0.25, 0.3) is 5.91 Å². The molecule has 3 fully saturated rings. The average Bonchev–Trinajstić information content (AvgIpc) is 0.752. The van der Waals surface area contributed by atoms with Gasteiger partial charge in [-0.1, -0.05) is 121 Å². The van der Waals surface area contributed by atoms with Crippen LogP contribution in [0, 0.1) is 5.92 Å². The molecule has 0 radical (unpaired) electrons. The highest BCUT2D eigenvalue weighted by Gasteiger charge is 2.54. The molecule has 784 valence electrons. The topological polar surface area (TPSA) is 694 Å². The summed E-state index contributed by atoms with van der Waals surface area (Å²) < 4.78 is 83.1. The molecule has 16 rings (SSSR count). The SMILES string of the molecule is CN[C@H](CC(C)C)C(=O)N[C@H]1C(=O)N[C@@H](CC(N)=O)C(=O)N[C@H]2C(=O)N[C@H]3C(=O)N[C@H](C(=O)N[C@H](C(=O)OCC(=O)Nc4ccc(CC(P(=O)(O)O)P(=O)(O)O)cc4)c4cc(O)cc(O)c4-c4cc3ccc4O)[C@H](O[C@H]3C[C@](C)(N)[C@@H](O)[C@H](C)O3)c3cc(Cl)c(c(Cl)c3)Oc3cc2cc(c3O[C@H]2O[C@@H](CO)[C@@H](O)[C@H](O)[C@H]2O[C@@H]2C[C@@](C)(NCc3ccc(-c4ccc(Cl)cc4)cc3)[C@@H](O)[C@@H](C)O2)Oc2ccc(cc2Cl)[C@H]1O. The number of nitrogens with one attached hydrogen (secondary N) is 9. The number of anilines is 1. The van der Waals surface area contributed by atoms with Crippen molar-refractivity contribution in [3.8, 4) is 68.2 Å². The Morgan fingerprint density at radius 1 is 0.616 bits per heavy atom. The molecule has 8 aliphatic rings. The second kappa shape index (κ2) is 45.4. The van der Waals surface area contributed by atoms with Crippen LogP contribution in [0.2, 0.25) is 20.1 Å².